The fourth-order valence-electron chi connectivity index (χ4n) is 1.55. The molecule has 100 valence electrons. The molecule has 3 heteroatoms. The minimum Gasteiger partial charge on any atom is -0.312 e. The van der Waals surface area contributed by atoms with Crippen molar-refractivity contribution in [3.05, 3.63) is 46.2 Å². The van der Waals surface area contributed by atoms with Crippen molar-refractivity contribution >= 4 is 15.9 Å². The van der Waals surface area contributed by atoms with Crippen LogP contribution in [-0.2, 0) is 6.42 Å². The molecule has 0 unspecified atom stereocenters. The largest absolute Gasteiger partial charge is 0.312 e. The van der Waals surface area contributed by atoms with Crippen molar-refractivity contribution in [2.75, 3.05) is 6.54 Å². The van der Waals surface area contributed by atoms with Gasteiger partial charge in [-0.15, -0.1) is 0 Å². The minimum atomic E-state index is -0.151. The van der Waals surface area contributed by atoms with Crippen LogP contribution in [0.1, 0.15) is 32.8 Å². The Morgan fingerprint density at radius 3 is 2.61 bits per heavy atom. The van der Waals surface area contributed by atoms with Crippen LogP contribution in [-0.4, -0.2) is 12.1 Å². The van der Waals surface area contributed by atoms with Gasteiger partial charge >= 0.3 is 0 Å². The first kappa shape index (κ1) is 15.4. The Hall–Kier alpha value is -0.670. The third kappa shape index (κ3) is 6.31. The van der Waals surface area contributed by atoms with Gasteiger partial charge in [0, 0.05) is 10.0 Å². The molecule has 1 N–H and O–H groups in total. The van der Waals surface area contributed by atoms with E-state index in [1.807, 2.05) is 18.2 Å². The molecule has 18 heavy (non-hydrogen) atoms. The molecule has 0 fully saturated rings. The molecule has 1 aromatic carbocycles. The van der Waals surface area contributed by atoms with Crippen molar-refractivity contribution in [2.45, 2.75) is 39.2 Å². The number of benzene rings is 1. The molecule has 0 aliphatic rings. The van der Waals surface area contributed by atoms with Gasteiger partial charge < -0.3 is 5.32 Å². The highest BCUT2D eigenvalue weighted by atomic mass is 79.9. The molecule has 0 radical (unpaired) electrons. The van der Waals surface area contributed by atoms with Gasteiger partial charge in [-0.25, -0.2) is 4.39 Å². The van der Waals surface area contributed by atoms with E-state index in [2.05, 4.69) is 48.1 Å². The molecule has 0 aliphatic carbocycles. The predicted octanol–water partition coefficient (Wildman–Crippen LogP) is 4.47. The van der Waals surface area contributed by atoms with Crippen LogP contribution >= 0.6 is 15.9 Å². The highest BCUT2D eigenvalue weighted by molar-refractivity contribution is 9.10. The van der Waals surface area contributed by atoms with Crippen LogP contribution in [0.5, 0.6) is 0 Å². The lowest BCUT2D eigenvalue weighted by atomic mass is 10.1. The first-order chi connectivity index (χ1) is 8.38. The van der Waals surface area contributed by atoms with E-state index >= 15 is 0 Å². The number of allylic oxidation sites excluding steroid dienone is 1. The van der Waals surface area contributed by atoms with Crippen LogP contribution < -0.4 is 5.32 Å². The molecule has 0 saturated heterocycles. The van der Waals surface area contributed by atoms with Crippen molar-refractivity contribution in [1.29, 1.82) is 0 Å². The van der Waals surface area contributed by atoms with E-state index in [1.54, 1.807) is 0 Å². The Bertz CT molecular complexity index is 407. The summed E-state index contributed by atoms with van der Waals surface area (Å²) in [7, 11) is 0. The fraction of sp³-hybridized carbons (Fsp3) is 0.467. The van der Waals surface area contributed by atoms with E-state index in [-0.39, 0.29) is 11.4 Å². The van der Waals surface area contributed by atoms with E-state index in [4.69, 9.17) is 0 Å². The molecule has 1 nitrogen and oxygen atoms in total. The van der Waals surface area contributed by atoms with Crippen LogP contribution in [0.25, 0.3) is 0 Å². The van der Waals surface area contributed by atoms with Crippen molar-refractivity contribution < 1.29 is 4.39 Å². The zero-order valence-electron chi connectivity index (χ0n) is 11.3. The molecule has 0 bridgehead atoms. The van der Waals surface area contributed by atoms with Gasteiger partial charge in [-0.3, -0.25) is 0 Å². The molecule has 0 aromatic heterocycles. The topological polar surface area (TPSA) is 12.0 Å². The zero-order chi connectivity index (χ0) is 13.6. The summed E-state index contributed by atoms with van der Waals surface area (Å²) >= 11 is 3.25. The lowest BCUT2D eigenvalue weighted by molar-refractivity contribution is 0.431. The van der Waals surface area contributed by atoms with Crippen LogP contribution in [0.2, 0.25) is 0 Å². The number of nitrogens with one attached hydrogen (secondary N) is 1. The third-order valence-corrected chi connectivity index (χ3v) is 2.98. The van der Waals surface area contributed by atoms with Crippen LogP contribution in [0.4, 0.5) is 4.39 Å². The maximum atomic E-state index is 13.5. The van der Waals surface area contributed by atoms with E-state index in [1.165, 1.54) is 6.07 Å². The molecule has 0 spiro atoms. The Morgan fingerprint density at radius 1 is 1.28 bits per heavy atom. The smallest absolute Gasteiger partial charge is 0.127 e. The molecule has 0 saturated carbocycles. The first-order valence-electron chi connectivity index (χ1n) is 6.22. The summed E-state index contributed by atoms with van der Waals surface area (Å²) in [5.74, 6) is -0.151. The lowest BCUT2D eigenvalue weighted by Crippen LogP contribution is -2.36. The number of hydrogen-bond acceptors (Lipinski definition) is 1. The van der Waals surface area contributed by atoms with E-state index < -0.39 is 0 Å². The second kappa shape index (κ2) is 7.05. The zero-order valence-corrected chi connectivity index (χ0v) is 12.8. The van der Waals surface area contributed by atoms with Crippen LogP contribution in [0.15, 0.2) is 34.8 Å². The Labute approximate surface area is 118 Å². The van der Waals surface area contributed by atoms with Crippen molar-refractivity contribution in [2.24, 2.45) is 0 Å². The summed E-state index contributed by atoms with van der Waals surface area (Å²) < 4.78 is 14.3. The normalized spacial score (nSPS) is 12.3. The monoisotopic (exact) mass is 313 g/mol. The quantitative estimate of drug-likeness (QED) is 0.625. The molecular formula is C15H21BrFN. The highest BCUT2D eigenvalue weighted by Gasteiger charge is 2.06. The number of hydrogen-bond donors (Lipinski definition) is 1. The van der Waals surface area contributed by atoms with E-state index in [9.17, 15) is 4.39 Å². The van der Waals surface area contributed by atoms with Gasteiger partial charge in [0.1, 0.15) is 5.82 Å². The molecule has 0 atom stereocenters. The van der Waals surface area contributed by atoms with Gasteiger partial charge in [-0.05, 0) is 57.9 Å². The van der Waals surface area contributed by atoms with Crippen LogP contribution in [0, 0.1) is 5.82 Å². The lowest BCUT2D eigenvalue weighted by Gasteiger charge is -2.19. The number of rotatable bonds is 5. The summed E-state index contributed by atoms with van der Waals surface area (Å²) in [5.41, 5.74) is 0.893. The summed E-state index contributed by atoms with van der Waals surface area (Å²) in [6, 6.07) is 5.19. The van der Waals surface area contributed by atoms with E-state index in [0.29, 0.717) is 6.42 Å². The summed E-state index contributed by atoms with van der Waals surface area (Å²) in [6.07, 6.45) is 5.74. The van der Waals surface area contributed by atoms with Gasteiger partial charge in [-0.2, -0.15) is 0 Å². The maximum Gasteiger partial charge on any atom is 0.127 e. The average molecular weight is 314 g/mol. The molecule has 0 amide bonds. The molecule has 1 aromatic rings. The summed E-state index contributed by atoms with van der Waals surface area (Å²) in [6.45, 7) is 7.39. The maximum absolute atomic E-state index is 13.5. The summed E-state index contributed by atoms with van der Waals surface area (Å²) in [5, 5.41) is 3.41. The second-order valence-corrected chi connectivity index (χ2v) is 6.29. The average Bonchev–Trinajstić information content (AvgIpc) is 2.24. The second-order valence-electron chi connectivity index (χ2n) is 5.38. The first-order valence-corrected chi connectivity index (χ1v) is 7.02. The molecule has 0 aliphatic heterocycles. The van der Waals surface area contributed by atoms with E-state index in [0.717, 1.165) is 23.0 Å². The molecular weight excluding hydrogens is 293 g/mol. The molecule has 1 rings (SSSR count). The fourth-order valence-corrected chi connectivity index (χ4v) is 1.88. The van der Waals surface area contributed by atoms with Crippen molar-refractivity contribution in [3.8, 4) is 0 Å². The van der Waals surface area contributed by atoms with Gasteiger partial charge in [0.15, 0.2) is 0 Å². The minimum absolute atomic E-state index is 0.151. The summed E-state index contributed by atoms with van der Waals surface area (Å²) in [4.78, 5) is 0. The van der Waals surface area contributed by atoms with Crippen LogP contribution in [0.3, 0.4) is 0 Å². The predicted molar refractivity (Wildman–Crippen MR) is 79.3 cm³/mol. The van der Waals surface area contributed by atoms with Gasteiger partial charge in [-0.1, -0.05) is 34.1 Å². The molecule has 0 heterocycles. The standard InChI is InChI=1S/C15H21BrFN/c1-15(2,3)18-10-6-4-5-7-12-8-9-13(16)11-14(12)17/h4-5,8-9,11,18H,6-7,10H2,1-3H3. The highest BCUT2D eigenvalue weighted by Crippen LogP contribution is 2.15. The van der Waals surface area contributed by atoms with Crippen molar-refractivity contribution in [1.82, 2.24) is 5.32 Å². The Morgan fingerprint density at radius 2 is 2.00 bits per heavy atom. The Kier molecular flexibility index (Phi) is 6.03. The number of halogens is 2. The van der Waals surface area contributed by atoms with Gasteiger partial charge in [0.05, 0.1) is 0 Å². The van der Waals surface area contributed by atoms with Gasteiger partial charge in [0.25, 0.3) is 0 Å². The van der Waals surface area contributed by atoms with Gasteiger partial charge in [0.2, 0.25) is 0 Å². The van der Waals surface area contributed by atoms with Crippen molar-refractivity contribution in [3.63, 3.8) is 0 Å². The Balaban J connectivity index is 2.32. The SMILES string of the molecule is CC(C)(C)NCCC=CCc1ccc(Br)cc1F. The third-order valence-electron chi connectivity index (χ3n) is 2.49.